The zero-order valence-electron chi connectivity index (χ0n) is 14.4. The summed E-state index contributed by atoms with van der Waals surface area (Å²) in [6.45, 7) is 4.25. The van der Waals surface area contributed by atoms with Crippen molar-refractivity contribution in [1.29, 1.82) is 0 Å². The summed E-state index contributed by atoms with van der Waals surface area (Å²) in [5.74, 6) is 1.77. The average Bonchev–Trinajstić information content (AvgIpc) is 3.16. The molecule has 23 heavy (non-hydrogen) atoms. The van der Waals surface area contributed by atoms with Crippen LogP contribution in [-0.4, -0.2) is 3.21 Å². The van der Waals surface area contributed by atoms with E-state index in [2.05, 4.69) is 63.1 Å². The van der Waals surface area contributed by atoms with Crippen LogP contribution in [0.25, 0.3) is 0 Å². The van der Waals surface area contributed by atoms with Gasteiger partial charge in [-0.2, -0.15) is 0 Å². The molecule has 0 aromatic heterocycles. The zero-order valence-corrected chi connectivity index (χ0v) is 17.6. The van der Waals surface area contributed by atoms with E-state index in [0.717, 1.165) is 11.8 Å². The fourth-order valence-electron chi connectivity index (χ4n) is 3.33. The Hall–Kier alpha value is -0.257. The molecule has 2 fully saturated rings. The molecule has 4 rings (SSSR count). The minimum absolute atomic E-state index is 0. The largest absolute Gasteiger partial charge is 1.00 e. The second kappa shape index (κ2) is 11.3. The Morgan fingerprint density at radius 1 is 0.913 bits per heavy atom. The molecule has 0 saturated heterocycles. The van der Waals surface area contributed by atoms with E-state index >= 15 is 0 Å². The van der Waals surface area contributed by atoms with E-state index in [4.69, 9.17) is 0 Å². The molecule has 2 atom stereocenters. The van der Waals surface area contributed by atoms with Crippen molar-refractivity contribution in [2.24, 2.45) is 11.8 Å². The minimum Gasteiger partial charge on any atom is -1.00 e. The van der Waals surface area contributed by atoms with Crippen molar-refractivity contribution in [3.05, 3.63) is 60.4 Å². The smallest absolute Gasteiger partial charge is 1.00 e. The first-order valence-electron chi connectivity index (χ1n) is 8.58. The molecule has 4 aliphatic carbocycles. The SMILES string of the molecule is C1=CCC2CC[CH-]C2=C1.C1=CCC2CC[CH-]C2=C1.C[C](C)=[Zr].[Cl-]. The molecule has 0 amide bonds. The van der Waals surface area contributed by atoms with E-state index in [1.54, 1.807) is 35.4 Å². The molecule has 0 heterocycles. The first-order chi connectivity index (χ1) is 10.7. The van der Waals surface area contributed by atoms with Crippen molar-refractivity contribution >= 4 is 3.21 Å². The molecule has 126 valence electrons. The van der Waals surface area contributed by atoms with E-state index in [0.29, 0.717) is 0 Å². The Balaban J connectivity index is 0.000000182. The summed E-state index contributed by atoms with van der Waals surface area (Å²) in [6.07, 6.45) is 26.1. The van der Waals surface area contributed by atoms with Crippen LogP contribution < -0.4 is 12.4 Å². The molecule has 2 heteroatoms. The summed E-state index contributed by atoms with van der Waals surface area (Å²) in [7, 11) is 0. The standard InChI is InChI=1S/2C9H11.C3H6.ClH.Zr/c2*1-2-5-9-7-3-6-8(9)4-1;1-3-2;;/h2*1-2,4,6,9H,3,5,7H2;1-2H3;1H;/q2*-1;;;/p-1. The van der Waals surface area contributed by atoms with Crippen molar-refractivity contribution in [3.8, 4) is 0 Å². The molecule has 2 unspecified atom stereocenters. The minimum atomic E-state index is 0. The van der Waals surface area contributed by atoms with Crippen LogP contribution in [0, 0.1) is 24.7 Å². The van der Waals surface area contributed by atoms with E-state index in [1.165, 1.54) is 41.7 Å². The Morgan fingerprint density at radius 3 is 1.65 bits per heavy atom. The number of hydrogen-bond acceptors (Lipinski definition) is 0. The van der Waals surface area contributed by atoms with Gasteiger partial charge in [0.2, 0.25) is 0 Å². The Labute approximate surface area is 163 Å². The van der Waals surface area contributed by atoms with Crippen LogP contribution in [0.1, 0.15) is 52.4 Å². The predicted molar refractivity (Wildman–Crippen MR) is 94.1 cm³/mol. The summed E-state index contributed by atoms with van der Waals surface area (Å²) in [5, 5.41) is 0. The number of halogens is 1. The van der Waals surface area contributed by atoms with Gasteiger partial charge >= 0.3 is 41.3 Å². The number of allylic oxidation sites excluding steroid dienone is 8. The van der Waals surface area contributed by atoms with E-state index in [-0.39, 0.29) is 12.4 Å². The topological polar surface area (TPSA) is 0 Å². The van der Waals surface area contributed by atoms with Gasteiger partial charge in [-0.3, -0.25) is 0 Å². The van der Waals surface area contributed by atoms with Crippen LogP contribution >= 0.6 is 0 Å². The molecule has 0 aromatic carbocycles. The van der Waals surface area contributed by atoms with E-state index in [9.17, 15) is 0 Å². The molecule has 0 nitrogen and oxygen atoms in total. The molecule has 0 N–H and O–H groups in total. The summed E-state index contributed by atoms with van der Waals surface area (Å²) in [6, 6.07) is 0. The summed E-state index contributed by atoms with van der Waals surface area (Å²) in [5.41, 5.74) is 3.16. The molecular weight excluding hydrogens is 379 g/mol. The Kier molecular flexibility index (Phi) is 10.2. The van der Waals surface area contributed by atoms with Crippen LogP contribution in [0.15, 0.2) is 47.6 Å². The molecule has 0 aliphatic heterocycles. The van der Waals surface area contributed by atoms with Crippen molar-refractivity contribution in [2.45, 2.75) is 52.4 Å². The quantitative estimate of drug-likeness (QED) is 0.542. The van der Waals surface area contributed by atoms with E-state index < -0.39 is 0 Å². The Morgan fingerprint density at radius 2 is 1.30 bits per heavy atom. The first kappa shape index (κ1) is 20.8. The van der Waals surface area contributed by atoms with Crippen molar-refractivity contribution in [2.75, 3.05) is 0 Å². The Bertz CT molecular complexity index is 452. The van der Waals surface area contributed by atoms with Gasteiger partial charge in [0.05, 0.1) is 0 Å². The van der Waals surface area contributed by atoms with Crippen molar-refractivity contribution < 1.29 is 36.6 Å². The van der Waals surface area contributed by atoms with Gasteiger partial charge in [-0.05, 0) is 24.7 Å². The van der Waals surface area contributed by atoms with Gasteiger partial charge in [0.25, 0.3) is 0 Å². The van der Waals surface area contributed by atoms with Crippen LogP contribution in [-0.2, 0) is 24.2 Å². The second-order valence-electron chi connectivity index (χ2n) is 6.62. The van der Waals surface area contributed by atoms with Gasteiger partial charge in [-0.25, -0.2) is 36.1 Å². The van der Waals surface area contributed by atoms with Gasteiger partial charge in [-0.1, -0.05) is 12.8 Å². The van der Waals surface area contributed by atoms with E-state index in [1.807, 2.05) is 0 Å². The summed E-state index contributed by atoms with van der Waals surface area (Å²) < 4.78 is 1.51. The molecule has 4 aliphatic rings. The normalized spacial score (nSPS) is 25.4. The monoisotopic (exact) mass is 405 g/mol. The molecule has 0 radical (unpaired) electrons. The van der Waals surface area contributed by atoms with Crippen LogP contribution in [0.4, 0.5) is 0 Å². The number of hydrogen-bond donors (Lipinski definition) is 0. The fraction of sp³-hybridized carbons (Fsp3) is 0.476. The first-order valence-corrected chi connectivity index (χ1v) is 9.81. The van der Waals surface area contributed by atoms with Gasteiger partial charge in [0.1, 0.15) is 0 Å². The zero-order chi connectivity index (χ0) is 15.8. The third-order valence-electron chi connectivity index (χ3n) is 4.42. The maximum atomic E-state index is 2.37. The number of fused-ring (bicyclic) bond motifs is 2. The molecular formula is C21H28ClZr-3. The van der Waals surface area contributed by atoms with Crippen LogP contribution in [0.5, 0.6) is 0 Å². The molecule has 0 aromatic rings. The van der Waals surface area contributed by atoms with Gasteiger partial charge in [0, 0.05) is 0 Å². The summed E-state index contributed by atoms with van der Waals surface area (Å²) in [4.78, 5) is 0. The van der Waals surface area contributed by atoms with Gasteiger partial charge in [-0.15, -0.1) is 37.1 Å². The van der Waals surface area contributed by atoms with Crippen LogP contribution in [0.3, 0.4) is 0 Å². The predicted octanol–water partition coefficient (Wildman–Crippen LogP) is 2.72. The van der Waals surface area contributed by atoms with Crippen molar-refractivity contribution in [1.82, 2.24) is 0 Å². The third-order valence-corrected chi connectivity index (χ3v) is 4.42. The fourth-order valence-corrected chi connectivity index (χ4v) is 3.33. The maximum Gasteiger partial charge on any atom is -1.00 e. The van der Waals surface area contributed by atoms with Gasteiger partial charge in [0.15, 0.2) is 0 Å². The third kappa shape index (κ3) is 7.44. The summed E-state index contributed by atoms with van der Waals surface area (Å²) >= 11 is 1.55. The molecule has 0 spiro atoms. The second-order valence-corrected chi connectivity index (χ2v) is 9.08. The molecule has 0 bridgehead atoms. The van der Waals surface area contributed by atoms with Crippen molar-refractivity contribution in [3.63, 3.8) is 0 Å². The average molecular weight is 407 g/mol. The van der Waals surface area contributed by atoms with Crippen LogP contribution in [0.2, 0.25) is 0 Å². The maximum absolute atomic E-state index is 2.37. The number of rotatable bonds is 0. The van der Waals surface area contributed by atoms with Gasteiger partial charge < -0.3 is 12.4 Å². The molecule has 2 saturated carbocycles.